The summed E-state index contributed by atoms with van der Waals surface area (Å²) in [5.41, 5.74) is 7.05. The molecular formula is C29H29N. The molecule has 1 heterocycles. The number of piperidine rings is 1. The van der Waals surface area contributed by atoms with Crippen molar-refractivity contribution in [2.45, 2.75) is 18.8 Å². The Bertz CT molecular complexity index is 989. The Hall–Kier alpha value is -2.90. The largest absolute Gasteiger partial charge is 0.300 e. The van der Waals surface area contributed by atoms with E-state index in [4.69, 9.17) is 0 Å². The van der Waals surface area contributed by atoms with E-state index in [1.807, 2.05) is 0 Å². The number of rotatable bonds is 4. The zero-order chi connectivity index (χ0) is 20.2. The van der Waals surface area contributed by atoms with Crippen LogP contribution in [-0.2, 0) is 0 Å². The summed E-state index contributed by atoms with van der Waals surface area (Å²) < 4.78 is 0. The number of fused-ring (bicyclic) bond motifs is 2. The second-order valence-corrected chi connectivity index (χ2v) is 8.52. The molecular weight excluding hydrogens is 362 g/mol. The van der Waals surface area contributed by atoms with Crippen molar-refractivity contribution in [1.29, 1.82) is 0 Å². The van der Waals surface area contributed by atoms with Gasteiger partial charge < -0.3 is 0 Å². The quantitative estimate of drug-likeness (QED) is 0.477. The fourth-order valence-electron chi connectivity index (χ4n) is 5.12. The predicted molar refractivity (Wildman–Crippen MR) is 128 cm³/mol. The van der Waals surface area contributed by atoms with Crippen LogP contribution in [0.2, 0.25) is 0 Å². The van der Waals surface area contributed by atoms with E-state index in [1.54, 1.807) is 0 Å². The normalized spacial score (nSPS) is 17.6. The first-order valence-electron chi connectivity index (χ1n) is 11.2. The first-order valence-corrected chi connectivity index (χ1v) is 11.2. The van der Waals surface area contributed by atoms with E-state index in [9.17, 15) is 0 Å². The van der Waals surface area contributed by atoms with Crippen LogP contribution in [0, 0.1) is 5.92 Å². The van der Waals surface area contributed by atoms with Crippen LogP contribution in [0.25, 0.3) is 18.2 Å². The summed E-state index contributed by atoms with van der Waals surface area (Å²) in [6.45, 7) is 3.40. The third-order valence-corrected chi connectivity index (χ3v) is 6.68. The number of hydrogen-bond acceptors (Lipinski definition) is 1. The van der Waals surface area contributed by atoms with Gasteiger partial charge in [-0.05, 0) is 59.7 Å². The maximum Gasteiger partial charge on any atom is 0.0166 e. The van der Waals surface area contributed by atoms with Crippen molar-refractivity contribution in [3.8, 4) is 0 Å². The van der Waals surface area contributed by atoms with Crippen LogP contribution in [0.5, 0.6) is 0 Å². The van der Waals surface area contributed by atoms with E-state index in [-0.39, 0.29) is 0 Å². The average molecular weight is 392 g/mol. The predicted octanol–water partition coefficient (Wildman–Crippen LogP) is 6.73. The van der Waals surface area contributed by atoms with E-state index in [2.05, 4.69) is 108 Å². The summed E-state index contributed by atoms with van der Waals surface area (Å²) in [4.78, 5) is 2.60. The summed E-state index contributed by atoms with van der Waals surface area (Å²) in [6.07, 6.45) is 11.7. The summed E-state index contributed by atoms with van der Waals surface area (Å²) in [7, 11) is 0. The number of likely N-dealkylation sites (tertiary alicyclic amines) is 1. The van der Waals surface area contributed by atoms with Crippen molar-refractivity contribution < 1.29 is 0 Å². The maximum absolute atomic E-state index is 2.60. The molecule has 0 atom stereocenters. The summed E-state index contributed by atoms with van der Waals surface area (Å²) in [5.74, 6) is 1.19. The topological polar surface area (TPSA) is 3.24 Å². The van der Waals surface area contributed by atoms with Crippen molar-refractivity contribution in [1.82, 2.24) is 4.90 Å². The molecule has 5 rings (SSSR count). The summed E-state index contributed by atoms with van der Waals surface area (Å²) in [5, 5.41) is 0. The Kier molecular flexibility index (Phi) is 5.63. The van der Waals surface area contributed by atoms with Crippen LogP contribution in [0.15, 0.2) is 84.9 Å². The fourth-order valence-corrected chi connectivity index (χ4v) is 5.12. The van der Waals surface area contributed by atoms with Gasteiger partial charge in [0.15, 0.2) is 0 Å². The maximum atomic E-state index is 2.60. The highest BCUT2D eigenvalue weighted by molar-refractivity contribution is 5.76. The molecule has 0 bridgehead atoms. The van der Waals surface area contributed by atoms with Crippen molar-refractivity contribution in [2.75, 3.05) is 19.6 Å². The highest BCUT2D eigenvalue weighted by Crippen LogP contribution is 2.43. The molecule has 1 nitrogen and oxygen atoms in total. The molecule has 2 aliphatic rings. The minimum absolute atomic E-state index is 0.495. The zero-order valence-electron chi connectivity index (χ0n) is 17.5. The molecule has 1 fully saturated rings. The Morgan fingerprint density at radius 3 is 1.90 bits per heavy atom. The van der Waals surface area contributed by atoms with Crippen LogP contribution in [-0.4, -0.2) is 24.5 Å². The number of nitrogens with zero attached hydrogens (tertiary/aromatic N) is 1. The van der Waals surface area contributed by atoms with Gasteiger partial charge in [-0.3, -0.25) is 4.90 Å². The van der Waals surface area contributed by atoms with E-state index in [1.165, 1.54) is 53.7 Å². The second kappa shape index (κ2) is 8.85. The molecule has 150 valence electrons. The van der Waals surface area contributed by atoms with E-state index in [0.717, 1.165) is 6.54 Å². The molecule has 30 heavy (non-hydrogen) atoms. The number of benzene rings is 3. The Morgan fingerprint density at radius 1 is 0.700 bits per heavy atom. The zero-order valence-corrected chi connectivity index (χ0v) is 17.5. The van der Waals surface area contributed by atoms with Crippen LogP contribution >= 0.6 is 0 Å². The van der Waals surface area contributed by atoms with Gasteiger partial charge in [-0.15, -0.1) is 0 Å². The molecule has 3 aromatic rings. The van der Waals surface area contributed by atoms with Gasteiger partial charge in [0, 0.05) is 12.5 Å². The van der Waals surface area contributed by atoms with Crippen molar-refractivity contribution >= 4 is 18.2 Å². The molecule has 0 radical (unpaired) electrons. The van der Waals surface area contributed by atoms with Gasteiger partial charge in [0.2, 0.25) is 0 Å². The lowest BCUT2D eigenvalue weighted by Gasteiger charge is -2.37. The fraction of sp³-hybridized carbons (Fsp3) is 0.241. The van der Waals surface area contributed by atoms with E-state index in [0.29, 0.717) is 11.8 Å². The average Bonchev–Trinajstić information content (AvgIpc) is 2.97. The van der Waals surface area contributed by atoms with Crippen LogP contribution in [0.3, 0.4) is 0 Å². The van der Waals surface area contributed by atoms with E-state index >= 15 is 0 Å². The van der Waals surface area contributed by atoms with Gasteiger partial charge >= 0.3 is 0 Å². The minimum Gasteiger partial charge on any atom is -0.300 e. The van der Waals surface area contributed by atoms with Gasteiger partial charge in [-0.2, -0.15) is 0 Å². The molecule has 0 N–H and O–H groups in total. The molecule has 0 unspecified atom stereocenters. The molecule has 0 amide bonds. The first-order chi connectivity index (χ1) is 14.9. The summed E-state index contributed by atoms with van der Waals surface area (Å²) in [6, 6.07) is 28.6. The minimum atomic E-state index is 0.495. The summed E-state index contributed by atoms with van der Waals surface area (Å²) >= 11 is 0. The Balaban J connectivity index is 1.31. The molecule has 1 aliphatic heterocycles. The van der Waals surface area contributed by atoms with E-state index < -0.39 is 0 Å². The van der Waals surface area contributed by atoms with Gasteiger partial charge in [0.25, 0.3) is 0 Å². The highest BCUT2D eigenvalue weighted by atomic mass is 15.1. The van der Waals surface area contributed by atoms with Crippen molar-refractivity contribution in [3.63, 3.8) is 0 Å². The highest BCUT2D eigenvalue weighted by Gasteiger charge is 2.31. The second-order valence-electron chi connectivity index (χ2n) is 8.52. The molecule has 1 saturated heterocycles. The molecule has 1 heteroatoms. The lowest BCUT2D eigenvalue weighted by molar-refractivity contribution is 0.190. The SMILES string of the molecule is C1=Cc2ccccc2C(C2CCN(C/C=C/c3ccccc3)CC2)c2ccccc21. The van der Waals surface area contributed by atoms with Gasteiger partial charge in [0.05, 0.1) is 0 Å². The van der Waals surface area contributed by atoms with Crippen molar-refractivity contribution in [2.24, 2.45) is 5.92 Å². The first kappa shape index (κ1) is 19.1. The van der Waals surface area contributed by atoms with Crippen LogP contribution in [0.1, 0.15) is 46.6 Å². The molecule has 0 saturated carbocycles. The van der Waals surface area contributed by atoms with Crippen LogP contribution in [0.4, 0.5) is 0 Å². The van der Waals surface area contributed by atoms with Gasteiger partial charge in [-0.25, -0.2) is 0 Å². The monoisotopic (exact) mass is 391 g/mol. The lowest BCUT2D eigenvalue weighted by atomic mass is 9.74. The lowest BCUT2D eigenvalue weighted by Crippen LogP contribution is -2.36. The van der Waals surface area contributed by atoms with Crippen molar-refractivity contribution in [3.05, 3.63) is 113 Å². The third kappa shape index (κ3) is 4.04. The molecule has 3 aromatic carbocycles. The molecule has 0 spiro atoms. The number of hydrogen-bond donors (Lipinski definition) is 0. The Labute approximate surface area is 180 Å². The van der Waals surface area contributed by atoms with Gasteiger partial charge in [-0.1, -0.05) is 103 Å². The molecule has 1 aliphatic carbocycles. The molecule has 0 aromatic heterocycles. The third-order valence-electron chi connectivity index (χ3n) is 6.68. The Morgan fingerprint density at radius 2 is 1.27 bits per heavy atom. The smallest absolute Gasteiger partial charge is 0.0166 e. The van der Waals surface area contributed by atoms with Crippen LogP contribution < -0.4 is 0 Å². The standard InChI is InChI=1S/C29H29N/c1-2-9-23(10-3-1)11-8-20-30-21-18-26(19-22-30)29-27-14-6-4-12-24(27)16-17-25-13-5-7-15-28(25)29/h1-17,26,29H,18-22H2/b11-8+. The van der Waals surface area contributed by atoms with Gasteiger partial charge in [0.1, 0.15) is 0 Å².